The van der Waals surface area contributed by atoms with Crippen molar-refractivity contribution in [2.24, 2.45) is 5.92 Å². The van der Waals surface area contributed by atoms with Gasteiger partial charge in [0.2, 0.25) is 5.91 Å². The average molecular weight is 227 g/mol. The minimum absolute atomic E-state index is 0.229. The second kappa shape index (κ2) is 11.0. The Labute approximate surface area is 101 Å². The lowest BCUT2D eigenvalue weighted by atomic mass is 9.96. The minimum Gasteiger partial charge on any atom is -0.356 e. The summed E-state index contributed by atoms with van der Waals surface area (Å²) in [7, 11) is 0. The molecule has 0 aromatic carbocycles. The number of nitrogens with one attached hydrogen (secondary N) is 1. The molecule has 1 N–H and O–H groups in total. The fourth-order valence-electron chi connectivity index (χ4n) is 1.89. The summed E-state index contributed by atoms with van der Waals surface area (Å²) in [5.41, 5.74) is 0. The highest BCUT2D eigenvalue weighted by Gasteiger charge is 2.06. The molecule has 0 radical (unpaired) electrons. The van der Waals surface area contributed by atoms with Crippen LogP contribution in [0.25, 0.3) is 0 Å². The Morgan fingerprint density at radius 2 is 1.75 bits per heavy atom. The topological polar surface area (TPSA) is 29.1 Å². The number of hydrogen-bond acceptors (Lipinski definition) is 1. The van der Waals surface area contributed by atoms with E-state index in [0.717, 1.165) is 31.7 Å². The zero-order valence-corrected chi connectivity index (χ0v) is 11.3. The molecule has 0 aromatic heterocycles. The molecule has 0 bridgehead atoms. The highest BCUT2D eigenvalue weighted by atomic mass is 16.1. The first kappa shape index (κ1) is 15.5. The fraction of sp³-hybridized carbons (Fsp3) is 0.929. The van der Waals surface area contributed by atoms with E-state index in [2.05, 4.69) is 26.1 Å². The van der Waals surface area contributed by atoms with E-state index >= 15 is 0 Å². The van der Waals surface area contributed by atoms with Crippen LogP contribution in [0.4, 0.5) is 0 Å². The summed E-state index contributed by atoms with van der Waals surface area (Å²) in [5.74, 6) is 1.03. The zero-order chi connectivity index (χ0) is 12.2. The van der Waals surface area contributed by atoms with E-state index in [0.29, 0.717) is 6.42 Å². The van der Waals surface area contributed by atoms with Crippen molar-refractivity contribution in [2.45, 2.75) is 72.1 Å². The van der Waals surface area contributed by atoms with Crippen molar-refractivity contribution >= 4 is 5.91 Å². The van der Waals surface area contributed by atoms with Gasteiger partial charge in [-0.05, 0) is 18.8 Å². The van der Waals surface area contributed by atoms with Gasteiger partial charge in [0.1, 0.15) is 0 Å². The molecule has 0 saturated carbocycles. The van der Waals surface area contributed by atoms with Crippen LogP contribution in [0.5, 0.6) is 0 Å². The van der Waals surface area contributed by atoms with Crippen molar-refractivity contribution in [3.05, 3.63) is 0 Å². The van der Waals surface area contributed by atoms with E-state index in [-0.39, 0.29) is 5.91 Å². The highest BCUT2D eigenvalue weighted by Crippen LogP contribution is 2.15. The molecule has 1 unspecified atom stereocenters. The summed E-state index contributed by atoms with van der Waals surface area (Å²) in [6, 6.07) is 0. The molecule has 0 spiro atoms. The van der Waals surface area contributed by atoms with Crippen molar-refractivity contribution in [1.82, 2.24) is 5.32 Å². The molecule has 0 heterocycles. The second-order valence-corrected chi connectivity index (χ2v) is 4.66. The van der Waals surface area contributed by atoms with Gasteiger partial charge in [-0.3, -0.25) is 4.79 Å². The van der Waals surface area contributed by atoms with E-state index < -0.39 is 0 Å². The maximum absolute atomic E-state index is 11.4. The van der Waals surface area contributed by atoms with E-state index in [4.69, 9.17) is 0 Å². The highest BCUT2D eigenvalue weighted by molar-refractivity contribution is 5.75. The summed E-state index contributed by atoms with van der Waals surface area (Å²) in [6.45, 7) is 7.47. The van der Waals surface area contributed by atoms with Crippen molar-refractivity contribution in [3.8, 4) is 0 Å². The quantitative estimate of drug-likeness (QED) is 0.602. The van der Waals surface area contributed by atoms with Crippen LogP contribution in [-0.2, 0) is 4.79 Å². The Morgan fingerprint density at radius 3 is 2.31 bits per heavy atom. The van der Waals surface area contributed by atoms with Crippen molar-refractivity contribution in [2.75, 3.05) is 6.54 Å². The second-order valence-electron chi connectivity index (χ2n) is 4.66. The summed E-state index contributed by atoms with van der Waals surface area (Å²) in [4.78, 5) is 11.4. The monoisotopic (exact) mass is 227 g/mol. The molecule has 0 aliphatic rings. The molecule has 1 amide bonds. The van der Waals surface area contributed by atoms with Crippen LogP contribution in [0.15, 0.2) is 0 Å². The van der Waals surface area contributed by atoms with E-state index in [9.17, 15) is 4.79 Å². The molecule has 2 nitrogen and oxygen atoms in total. The average Bonchev–Trinajstić information content (AvgIpc) is 2.30. The maximum atomic E-state index is 11.4. The molecular weight excluding hydrogens is 198 g/mol. The van der Waals surface area contributed by atoms with Gasteiger partial charge in [0.15, 0.2) is 0 Å². The first-order valence-corrected chi connectivity index (χ1v) is 7.01. The van der Waals surface area contributed by atoms with Crippen LogP contribution in [0.1, 0.15) is 72.1 Å². The number of carbonyl (C=O) groups excluding carboxylic acids is 1. The van der Waals surface area contributed by atoms with Crippen molar-refractivity contribution in [3.63, 3.8) is 0 Å². The Morgan fingerprint density at radius 1 is 1.06 bits per heavy atom. The first-order chi connectivity index (χ1) is 7.74. The molecule has 0 fully saturated rings. The van der Waals surface area contributed by atoms with Crippen molar-refractivity contribution < 1.29 is 4.79 Å². The molecule has 0 aliphatic carbocycles. The largest absolute Gasteiger partial charge is 0.356 e. The van der Waals surface area contributed by atoms with E-state index in [1.54, 1.807) is 0 Å². The van der Waals surface area contributed by atoms with Crippen LogP contribution in [0.3, 0.4) is 0 Å². The Hall–Kier alpha value is -0.530. The molecule has 0 saturated heterocycles. The molecule has 2 heteroatoms. The number of hydrogen-bond donors (Lipinski definition) is 1. The van der Waals surface area contributed by atoms with Gasteiger partial charge in [-0.25, -0.2) is 0 Å². The van der Waals surface area contributed by atoms with Crippen LogP contribution >= 0.6 is 0 Å². The SMILES string of the molecule is CCCCC(=O)NCCC(CC)CCCC. The van der Waals surface area contributed by atoms with Gasteiger partial charge >= 0.3 is 0 Å². The Kier molecular flexibility index (Phi) is 10.6. The van der Waals surface area contributed by atoms with E-state index in [1.807, 2.05) is 0 Å². The number of amides is 1. The van der Waals surface area contributed by atoms with Crippen molar-refractivity contribution in [1.29, 1.82) is 0 Å². The molecule has 1 atom stereocenters. The van der Waals surface area contributed by atoms with Crippen LogP contribution in [0, 0.1) is 5.92 Å². The zero-order valence-electron chi connectivity index (χ0n) is 11.3. The number of unbranched alkanes of at least 4 members (excludes halogenated alkanes) is 2. The fourth-order valence-corrected chi connectivity index (χ4v) is 1.89. The van der Waals surface area contributed by atoms with Gasteiger partial charge in [0.05, 0.1) is 0 Å². The number of carbonyl (C=O) groups is 1. The van der Waals surface area contributed by atoms with Gasteiger partial charge in [-0.15, -0.1) is 0 Å². The summed E-state index contributed by atoms with van der Waals surface area (Å²) < 4.78 is 0. The van der Waals surface area contributed by atoms with Crippen LogP contribution in [0.2, 0.25) is 0 Å². The summed E-state index contributed by atoms with van der Waals surface area (Å²) in [6.07, 6.45) is 9.11. The lowest BCUT2D eigenvalue weighted by Crippen LogP contribution is -2.25. The first-order valence-electron chi connectivity index (χ1n) is 7.01. The van der Waals surface area contributed by atoms with Gasteiger partial charge in [0, 0.05) is 13.0 Å². The van der Waals surface area contributed by atoms with Gasteiger partial charge in [0.25, 0.3) is 0 Å². The van der Waals surface area contributed by atoms with E-state index in [1.165, 1.54) is 25.7 Å². The molecular formula is C14H29NO. The predicted molar refractivity (Wildman–Crippen MR) is 70.5 cm³/mol. The number of rotatable bonds is 10. The Balaban J connectivity index is 3.49. The lowest BCUT2D eigenvalue weighted by Gasteiger charge is -2.14. The third kappa shape index (κ3) is 8.75. The Bertz CT molecular complexity index is 168. The van der Waals surface area contributed by atoms with Crippen LogP contribution < -0.4 is 5.32 Å². The standard InChI is InChI=1S/C14H29NO/c1-4-7-9-13(6-3)11-12-15-14(16)10-8-5-2/h13H,4-12H2,1-3H3,(H,15,16). The van der Waals surface area contributed by atoms with Crippen LogP contribution in [-0.4, -0.2) is 12.5 Å². The molecule has 0 aromatic rings. The molecule has 96 valence electrons. The van der Waals surface area contributed by atoms with Gasteiger partial charge < -0.3 is 5.32 Å². The van der Waals surface area contributed by atoms with Gasteiger partial charge in [-0.2, -0.15) is 0 Å². The third-order valence-electron chi connectivity index (χ3n) is 3.18. The normalized spacial score (nSPS) is 12.4. The lowest BCUT2D eigenvalue weighted by molar-refractivity contribution is -0.121. The minimum atomic E-state index is 0.229. The molecule has 0 rings (SSSR count). The summed E-state index contributed by atoms with van der Waals surface area (Å²) in [5, 5.41) is 3.02. The smallest absolute Gasteiger partial charge is 0.219 e. The molecule has 16 heavy (non-hydrogen) atoms. The third-order valence-corrected chi connectivity index (χ3v) is 3.18. The maximum Gasteiger partial charge on any atom is 0.219 e. The predicted octanol–water partition coefficient (Wildman–Crippen LogP) is 3.90. The van der Waals surface area contributed by atoms with Gasteiger partial charge in [-0.1, -0.05) is 52.9 Å². The summed E-state index contributed by atoms with van der Waals surface area (Å²) >= 11 is 0. The molecule has 0 aliphatic heterocycles.